The van der Waals surface area contributed by atoms with Gasteiger partial charge in [-0.1, -0.05) is 66.7 Å². The van der Waals surface area contributed by atoms with Gasteiger partial charge < -0.3 is 20.8 Å². The zero-order chi connectivity index (χ0) is 24.5. The Labute approximate surface area is 200 Å². The Morgan fingerprint density at radius 3 is 2.12 bits per heavy atom. The maximum atomic E-state index is 10.8. The van der Waals surface area contributed by atoms with E-state index in [1.54, 1.807) is 12.1 Å². The summed E-state index contributed by atoms with van der Waals surface area (Å²) in [6.07, 6.45) is 2.63. The molecule has 3 atom stereocenters. The molecule has 6 nitrogen and oxygen atoms in total. The first-order valence-corrected chi connectivity index (χ1v) is 11.5. The maximum Gasteiger partial charge on any atom is 0.326 e. The first-order chi connectivity index (χ1) is 16.4. The van der Waals surface area contributed by atoms with Crippen LogP contribution in [-0.2, 0) is 16.0 Å². The summed E-state index contributed by atoms with van der Waals surface area (Å²) >= 11 is 0. The number of hydrogen-bond donors (Lipinski definition) is 4. The molecule has 0 saturated carbocycles. The van der Waals surface area contributed by atoms with Crippen LogP contribution >= 0.6 is 0 Å². The number of carbonyl (C=O) groups excluding carboxylic acids is 1. The van der Waals surface area contributed by atoms with Crippen molar-refractivity contribution in [1.29, 1.82) is 0 Å². The van der Waals surface area contributed by atoms with E-state index >= 15 is 0 Å². The van der Waals surface area contributed by atoms with E-state index in [0.717, 1.165) is 5.56 Å². The highest BCUT2D eigenvalue weighted by molar-refractivity contribution is 5.82. The number of benzene rings is 3. The van der Waals surface area contributed by atoms with E-state index in [2.05, 4.69) is 72.3 Å². The minimum atomic E-state index is -1.08. The van der Waals surface area contributed by atoms with Crippen molar-refractivity contribution in [3.8, 4) is 5.75 Å². The van der Waals surface area contributed by atoms with Gasteiger partial charge in [-0.05, 0) is 54.3 Å². The largest absolute Gasteiger partial charge is 0.508 e. The van der Waals surface area contributed by atoms with Gasteiger partial charge in [-0.25, -0.2) is 4.79 Å². The lowest BCUT2D eigenvalue weighted by Gasteiger charge is -2.31. The third-order valence-electron chi connectivity index (χ3n) is 6.09. The number of carbonyl (C=O) groups is 2. The van der Waals surface area contributed by atoms with Crippen LogP contribution in [0.5, 0.6) is 5.75 Å². The van der Waals surface area contributed by atoms with Gasteiger partial charge in [0.2, 0.25) is 5.91 Å². The average Bonchev–Trinajstić information content (AvgIpc) is 2.85. The average molecular weight is 461 g/mol. The molecule has 1 aliphatic carbocycles. The number of rotatable bonds is 6. The first kappa shape index (κ1) is 25.0. The van der Waals surface area contributed by atoms with Gasteiger partial charge in [-0.15, -0.1) is 0 Å². The second-order valence-electron chi connectivity index (χ2n) is 8.47. The lowest BCUT2D eigenvalue weighted by atomic mass is 9.77. The summed E-state index contributed by atoms with van der Waals surface area (Å²) in [4.78, 5) is 21.6. The van der Waals surface area contributed by atoms with Crippen LogP contribution in [0, 0.1) is 0 Å². The molecule has 0 unspecified atom stereocenters. The lowest BCUT2D eigenvalue weighted by molar-refractivity contribution is -0.141. The first-order valence-electron chi connectivity index (χ1n) is 11.5. The molecule has 34 heavy (non-hydrogen) atoms. The van der Waals surface area contributed by atoms with Gasteiger partial charge >= 0.3 is 5.97 Å². The second kappa shape index (κ2) is 12.0. The number of hydrogen-bond acceptors (Lipinski definition) is 4. The monoisotopic (exact) mass is 460 g/mol. The Morgan fingerprint density at radius 2 is 1.53 bits per heavy atom. The normalized spacial score (nSPS) is 17.5. The van der Waals surface area contributed by atoms with Gasteiger partial charge in [-0.2, -0.15) is 0 Å². The summed E-state index contributed by atoms with van der Waals surface area (Å²) < 4.78 is 0. The van der Waals surface area contributed by atoms with Crippen molar-refractivity contribution in [1.82, 2.24) is 10.6 Å². The smallest absolute Gasteiger partial charge is 0.326 e. The molecule has 3 aromatic rings. The number of nitrogens with one attached hydrogen (secondary N) is 2. The van der Waals surface area contributed by atoms with Crippen LogP contribution in [-0.4, -0.2) is 35.2 Å². The number of fused-ring (bicyclic) bond motifs is 1. The van der Waals surface area contributed by atoms with Crippen molar-refractivity contribution in [3.63, 3.8) is 0 Å². The molecule has 0 spiro atoms. The van der Waals surface area contributed by atoms with Crippen LogP contribution in [0.1, 0.15) is 54.0 Å². The zero-order valence-electron chi connectivity index (χ0n) is 19.6. The van der Waals surface area contributed by atoms with Crippen LogP contribution in [0.25, 0.3) is 0 Å². The third-order valence-corrected chi connectivity index (χ3v) is 6.09. The molecular formula is C28H32N2O4. The number of phenols is 1. The third kappa shape index (κ3) is 6.68. The lowest BCUT2D eigenvalue weighted by Crippen LogP contribution is -2.41. The molecule has 0 aliphatic heterocycles. The molecular weight excluding hydrogens is 428 g/mol. The SMILES string of the molecule is CC(=O)N[C@@H](Cc1ccc(O)cc1)C(=O)O.CN[C@H]1CC[C@H](c2ccccc2)c2ccccc21. The predicted octanol–water partition coefficient (Wildman–Crippen LogP) is 4.40. The van der Waals surface area contributed by atoms with Crippen molar-refractivity contribution < 1.29 is 19.8 Å². The van der Waals surface area contributed by atoms with Gasteiger partial charge in [0.1, 0.15) is 11.8 Å². The van der Waals surface area contributed by atoms with Gasteiger partial charge in [0.15, 0.2) is 0 Å². The standard InChI is InChI=1S/C17H19N.C11H13NO4/c1-18-17-12-11-14(13-7-3-2-4-8-13)15-9-5-6-10-16(15)17;1-7(13)12-10(11(15)16)6-8-2-4-9(14)5-3-8/h2-10,14,17-18H,11-12H2,1H3;2-5,10,14H,6H2,1H3,(H,12,13)(H,15,16)/t14-,17+;10-/m10/s1. The van der Waals surface area contributed by atoms with Crippen molar-refractivity contribution >= 4 is 11.9 Å². The summed E-state index contributed by atoms with van der Waals surface area (Å²) in [6, 6.07) is 25.5. The van der Waals surface area contributed by atoms with E-state index in [1.807, 2.05) is 0 Å². The maximum absolute atomic E-state index is 10.8. The molecule has 0 aromatic heterocycles. The number of aromatic hydroxyl groups is 1. The van der Waals surface area contributed by atoms with Crippen molar-refractivity contribution in [2.45, 2.75) is 44.2 Å². The fourth-order valence-corrected chi connectivity index (χ4v) is 4.43. The van der Waals surface area contributed by atoms with E-state index in [1.165, 1.54) is 48.6 Å². The van der Waals surface area contributed by atoms with Crippen LogP contribution in [0.15, 0.2) is 78.9 Å². The topological polar surface area (TPSA) is 98.7 Å². The molecule has 0 fully saturated rings. The predicted molar refractivity (Wildman–Crippen MR) is 133 cm³/mol. The summed E-state index contributed by atoms with van der Waals surface area (Å²) in [6.45, 7) is 1.27. The zero-order valence-corrected chi connectivity index (χ0v) is 19.6. The van der Waals surface area contributed by atoms with Crippen molar-refractivity contribution in [2.75, 3.05) is 7.05 Å². The van der Waals surface area contributed by atoms with E-state index in [0.29, 0.717) is 12.0 Å². The number of carboxylic acids is 1. The van der Waals surface area contributed by atoms with Crippen LogP contribution in [0.3, 0.4) is 0 Å². The van der Waals surface area contributed by atoms with Crippen LogP contribution in [0.2, 0.25) is 0 Å². The number of carboxylic acid groups (broad SMARTS) is 1. The Kier molecular flexibility index (Phi) is 8.82. The second-order valence-corrected chi connectivity index (χ2v) is 8.47. The van der Waals surface area contributed by atoms with Gasteiger partial charge in [0.25, 0.3) is 0 Å². The molecule has 0 saturated heterocycles. The molecule has 4 rings (SSSR count). The molecule has 3 aromatic carbocycles. The molecule has 6 heteroatoms. The number of phenolic OH excluding ortho intramolecular Hbond substituents is 1. The molecule has 1 aliphatic rings. The highest BCUT2D eigenvalue weighted by atomic mass is 16.4. The van der Waals surface area contributed by atoms with Gasteiger partial charge in [0, 0.05) is 25.3 Å². The van der Waals surface area contributed by atoms with E-state index in [-0.39, 0.29) is 18.1 Å². The summed E-state index contributed by atoms with van der Waals surface area (Å²) in [5, 5.41) is 23.7. The molecule has 0 heterocycles. The van der Waals surface area contributed by atoms with E-state index in [9.17, 15) is 9.59 Å². The molecule has 178 valence electrons. The minimum absolute atomic E-state index is 0.121. The molecule has 1 amide bonds. The fraction of sp³-hybridized carbons (Fsp3) is 0.286. The highest BCUT2D eigenvalue weighted by Crippen LogP contribution is 2.40. The minimum Gasteiger partial charge on any atom is -0.508 e. The Morgan fingerprint density at radius 1 is 0.912 bits per heavy atom. The molecule has 0 bridgehead atoms. The van der Waals surface area contributed by atoms with Gasteiger partial charge in [0.05, 0.1) is 0 Å². The van der Waals surface area contributed by atoms with Crippen molar-refractivity contribution in [3.05, 3.63) is 101 Å². The fourth-order valence-electron chi connectivity index (χ4n) is 4.43. The molecule has 0 radical (unpaired) electrons. The summed E-state index contributed by atoms with van der Waals surface area (Å²) in [5.41, 5.74) is 5.15. The van der Waals surface area contributed by atoms with Crippen molar-refractivity contribution in [2.24, 2.45) is 0 Å². The number of amides is 1. The van der Waals surface area contributed by atoms with Crippen LogP contribution < -0.4 is 10.6 Å². The van der Waals surface area contributed by atoms with Gasteiger partial charge in [-0.3, -0.25) is 4.79 Å². The quantitative estimate of drug-likeness (QED) is 0.437. The Balaban J connectivity index is 0.000000192. The Bertz CT molecular complexity index is 1080. The van der Waals surface area contributed by atoms with Crippen LogP contribution in [0.4, 0.5) is 0 Å². The number of aliphatic carboxylic acids is 1. The summed E-state index contributed by atoms with van der Waals surface area (Å²) in [5.74, 6) is -0.781. The molecule has 4 N–H and O–H groups in total. The summed E-state index contributed by atoms with van der Waals surface area (Å²) in [7, 11) is 2.06. The van der Waals surface area contributed by atoms with E-state index < -0.39 is 12.0 Å². The highest BCUT2D eigenvalue weighted by Gasteiger charge is 2.26. The Hall–Kier alpha value is -3.64. The van der Waals surface area contributed by atoms with E-state index in [4.69, 9.17) is 10.2 Å².